The van der Waals surface area contributed by atoms with Gasteiger partial charge in [-0.15, -0.1) is 0 Å². The van der Waals surface area contributed by atoms with Gasteiger partial charge in [0, 0.05) is 0 Å². The van der Waals surface area contributed by atoms with E-state index in [2.05, 4.69) is 41.5 Å². The molecular weight excluding hydrogens is 605 g/mol. The first-order chi connectivity index (χ1) is 12.7. The molecule has 0 spiro atoms. The Bertz CT molecular complexity index is 174. The van der Waals surface area contributed by atoms with Crippen molar-refractivity contribution in [3.63, 3.8) is 0 Å². The van der Waals surface area contributed by atoms with Gasteiger partial charge in [0.1, 0.15) is 0 Å². The molecule has 0 aliphatic rings. The van der Waals surface area contributed by atoms with Gasteiger partial charge in [-0.25, -0.2) is 0 Å². The molecule has 0 heterocycles. The second kappa shape index (κ2) is 30.3. The van der Waals surface area contributed by atoms with E-state index in [4.69, 9.17) is 0 Å². The molecular formula is C24H54SeSn2. The number of rotatable bonds is 18. The molecule has 0 aliphatic heterocycles. The normalized spacial score (nSPS) is 10.0. The van der Waals surface area contributed by atoms with Gasteiger partial charge in [-0.1, -0.05) is 0 Å². The van der Waals surface area contributed by atoms with Crippen LogP contribution in [-0.2, 0) is 0 Å². The third-order valence-electron chi connectivity index (χ3n) is 5.30. The van der Waals surface area contributed by atoms with Crippen LogP contribution in [-0.4, -0.2) is 56.6 Å². The summed E-state index contributed by atoms with van der Waals surface area (Å²) in [5, 5.41) is 0. The van der Waals surface area contributed by atoms with Gasteiger partial charge < -0.3 is 17.1 Å². The molecule has 0 bridgehead atoms. The molecule has 0 rings (SSSR count). The second-order valence-corrected chi connectivity index (χ2v) is 25.2. The molecule has 0 saturated carbocycles. The van der Waals surface area contributed by atoms with E-state index in [9.17, 15) is 0 Å². The molecule has 164 valence electrons. The average molecular weight is 659 g/mol. The Labute approximate surface area is 200 Å². The van der Waals surface area contributed by atoms with Crippen molar-refractivity contribution in [1.82, 2.24) is 0 Å². The molecule has 0 aliphatic carbocycles. The maximum absolute atomic E-state index is 2.33. The van der Waals surface area contributed by atoms with E-state index >= 15 is 0 Å². The van der Waals surface area contributed by atoms with Gasteiger partial charge in [-0.3, -0.25) is 0 Å². The van der Waals surface area contributed by atoms with Crippen LogP contribution in [0.2, 0.25) is 26.6 Å². The summed E-state index contributed by atoms with van der Waals surface area (Å²) in [5.41, 5.74) is 0. The minimum atomic E-state index is -0.839. The fraction of sp³-hybridized carbons (Fsp3) is 1.00. The molecule has 0 aromatic heterocycles. The Balaban J connectivity index is -0.000000411. The van der Waals surface area contributed by atoms with Crippen LogP contribution >= 0.6 is 0 Å². The van der Waals surface area contributed by atoms with Crippen molar-refractivity contribution in [3.05, 3.63) is 0 Å². The largest absolute Gasteiger partial charge is 2.00 e. The van der Waals surface area contributed by atoms with Crippen LogP contribution in [0.4, 0.5) is 0 Å². The van der Waals surface area contributed by atoms with Crippen LogP contribution in [0.5, 0.6) is 0 Å². The minimum Gasteiger partial charge on any atom is -2.00 e. The molecule has 0 aromatic carbocycles. The van der Waals surface area contributed by atoms with Crippen molar-refractivity contribution in [1.29, 1.82) is 0 Å². The smallest absolute Gasteiger partial charge is 2.00 e. The Morgan fingerprint density at radius 1 is 0.333 bits per heavy atom. The molecule has 0 nitrogen and oxygen atoms in total. The summed E-state index contributed by atoms with van der Waals surface area (Å²) in [5.74, 6) is 0. The van der Waals surface area contributed by atoms with Crippen molar-refractivity contribution >= 4 is 56.6 Å². The maximum Gasteiger partial charge on any atom is -2.00 e. The first-order valence-corrected chi connectivity index (χ1v) is 24.5. The number of unbranched alkanes of at least 4 members (excludes halogenated alkanes) is 6. The summed E-state index contributed by atoms with van der Waals surface area (Å²) in [7, 11) is 0. The Morgan fingerprint density at radius 2 is 0.481 bits per heavy atom. The second-order valence-electron chi connectivity index (χ2n) is 8.12. The minimum absolute atomic E-state index is 0. The van der Waals surface area contributed by atoms with Crippen molar-refractivity contribution in [2.75, 3.05) is 0 Å². The van der Waals surface area contributed by atoms with E-state index in [-0.39, 0.29) is 17.1 Å². The van der Waals surface area contributed by atoms with Crippen LogP contribution in [0.15, 0.2) is 0 Å². The van der Waals surface area contributed by atoms with Crippen molar-refractivity contribution in [2.45, 2.75) is 145 Å². The summed E-state index contributed by atoms with van der Waals surface area (Å²) in [6.45, 7) is 14.0. The van der Waals surface area contributed by atoms with Gasteiger partial charge in [-0.2, -0.15) is 0 Å². The van der Waals surface area contributed by atoms with Crippen LogP contribution < -0.4 is 0 Å². The number of hydrogen-bond donors (Lipinski definition) is 0. The summed E-state index contributed by atoms with van der Waals surface area (Å²) in [6.07, 6.45) is 17.7. The van der Waals surface area contributed by atoms with Crippen LogP contribution in [0.3, 0.4) is 0 Å². The molecule has 0 amide bonds. The third kappa shape index (κ3) is 28.1. The topological polar surface area (TPSA) is 0 Å². The zero-order valence-electron chi connectivity index (χ0n) is 20.1. The van der Waals surface area contributed by atoms with E-state index in [0.29, 0.717) is 0 Å². The molecule has 0 aromatic rings. The fourth-order valence-electron chi connectivity index (χ4n) is 3.31. The molecule has 3 heteroatoms. The molecule has 0 N–H and O–H groups in total. The van der Waals surface area contributed by atoms with E-state index in [1.165, 1.54) is 77.0 Å². The predicted molar refractivity (Wildman–Crippen MR) is 136 cm³/mol. The summed E-state index contributed by atoms with van der Waals surface area (Å²) < 4.78 is 10.1. The van der Waals surface area contributed by atoms with E-state index in [1.54, 1.807) is 26.6 Å². The van der Waals surface area contributed by atoms with Crippen molar-refractivity contribution in [3.8, 4) is 0 Å². The third-order valence-corrected chi connectivity index (χ3v) is 23.5. The van der Waals surface area contributed by atoms with Gasteiger partial charge in [0.25, 0.3) is 0 Å². The van der Waals surface area contributed by atoms with Gasteiger partial charge in [-0.05, 0) is 0 Å². The first-order valence-electron chi connectivity index (χ1n) is 12.4. The zero-order chi connectivity index (χ0) is 19.9. The number of hydrogen-bond acceptors (Lipinski definition) is 0. The average Bonchev–Trinajstić information content (AvgIpc) is 2.67. The van der Waals surface area contributed by atoms with Gasteiger partial charge in [0.2, 0.25) is 0 Å². The summed E-state index contributed by atoms with van der Waals surface area (Å²) in [6, 6.07) is 0. The molecule has 0 unspecified atom stereocenters. The van der Waals surface area contributed by atoms with Gasteiger partial charge >= 0.3 is 185 Å². The molecule has 0 saturated heterocycles. The van der Waals surface area contributed by atoms with Gasteiger partial charge in [0.05, 0.1) is 0 Å². The SMILES string of the molecule is CCC[CH2][Sn+]([CH2]CCC)[CH2]CCC.CCC[CH2][Sn+]([CH2]CCC)[CH2]CCC.[Se-2]. The standard InChI is InChI=1S/6C4H9.Se.2Sn/c6*1-3-4-2;;;/h6*1,3-4H2,2H3;;;/q;;;;;;-2;2*+1. The molecule has 0 atom stereocenters. The monoisotopic (exact) mass is 662 g/mol. The maximum atomic E-state index is 2.33. The first kappa shape index (κ1) is 33.7. The van der Waals surface area contributed by atoms with Crippen molar-refractivity contribution < 1.29 is 0 Å². The molecule has 0 fully saturated rings. The summed E-state index contributed by atoms with van der Waals surface area (Å²) in [4.78, 5) is 0. The van der Waals surface area contributed by atoms with E-state index < -0.39 is 39.5 Å². The fourth-order valence-corrected chi connectivity index (χ4v) is 22.2. The van der Waals surface area contributed by atoms with E-state index in [0.717, 1.165) is 0 Å². The van der Waals surface area contributed by atoms with Crippen LogP contribution in [0.25, 0.3) is 0 Å². The quantitative estimate of drug-likeness (QED) is 0.129. The Hall–Kier alpha value is 2.12. The zero-order valence-corrected chi connectivity index (χ0v) is 27.6. The van der Waals surface area contributed by atoms with Crippen LogP contribution in [0, 0.1) is 0 Å². The molecule has 0 radical (unpaired) electrons. The van der Waals surface area contributed by atoms with Crippen LogP contribution in [0.1, 0.15) is 119 Å². The predicted octanol–water partition coefficient (Wildman–Crippen LogP) is 9.38. The molecule has 27 heavy (non-hydrogen) atoms. The van der Waals surface area contributed by atoms with Gasteiger partial charge in [0.15, 0.2) is 0 Å². The van der Waals surface area contributed by atoms with E-state index in [1.807, 2.05) is 0 Å². The van der Waals surface area contributed by atoms with Crippen molar-refractivity contribution in [2.24, 2.45) is 0 Å². The Kier molecular flexibility index (Phi) is 37.9. The Morgan fingerprint density at radius 3 is 0.593 bits per heavy atom. The summed E-state index contributed by atoms with van der Waals surface area (Å²) >= 11 is -1.68.